The number of ether oxygens (including phenoxy) is 1. The zero-order valence-corrected chi connectivity index (χ0v) is 17.1. The summed E-state index contributed by atoms with van der Waals surface area (Å²) in [5.74, 6) is 0.270. The van der Waals surface area contributed by atoms with E-state index >= 15 is 0 Å². The molecule has 150 valence electrons. The van der Waals surface area contributed by atoms with Crippen molar-refractivity contribution >= 4 is 21.6 Å². The van der Waals surface area contributed by atoms with Gasteiger partial charge in [0.25, 0.3) is 5.91 Å². The highest BCUT2D eigenvalue weighted by Gasteiger charge is 2.27. The fourth-order valence-corrected chi connectivity index (χ4v) is 5.11. The lowest BCUT2D eigenvalue weighted by Crippen LogP contribution is -2.32. The van der Waals surface area contributed by atoms with Crippen LogP contribution in [0.5, 0.6) is 5.75 Å². The van der Waals surface area contributed by atoms with Crippen molar-refractivity contribution < 1.29 is 17.9 Å². The second-order valence-electron chi connectivity index (χ2n) is 6.98. The molecule has 2 aromatic rings. The Kier molecular flexibility index (Phi) is 6.36. The lowest BCUT2D eigenvalue weighted by molar-refractivity contribution is 0.102. The molecule has 1 N–H and O–H groups in total. The molecule has 2 aromatic carbocycles. The molecule has 6 nitrogen and oxygen atoms in total. The van der Waals surface area contributed by atoms with Gasteiger partial charge in [0.15, 0.2) is 0 Å². The van der Waals surface area contributed by atoms with Crippen molar-refractivity contribution in [2.45, 2.75) is 37.5 Å². The second-order valence-corrected chi connectivity index (χ2v) is 8.89. The van der Waals surface area contributed by atoms with Crippen LogP contribution in [0.2, 0.25) is 0 Å². The number of benzene rings is 2. The summed E-state index contributed by atoms with van der Waals surface area (Å²) in [6.45, 7) is 2.82. The molecule has 28 heavy (non-hydrogen) atoms. The summed E-state index contributed by atoms with van der Waals surface area (Å²) in [6, 6.07) is 11.8. The van der Waals surface area contributed by atoms with Gasteiger partial charge in [0.05, 0.1) is 12.0 Å². The van der Waals surface area contributed by atoms with Crippen molar-refractivity contribution in [1.82, 2.24) is 4.31 Å². The molecule has 1 heterocycles. The van der Waals surface area contributed by atoms with Crippen LogP contribution in [-0.4, -0.2) is 38.8 Å². The molecule has 0 aromatic heterocycles. The largest absolute Gasteiger partial charge is 0.497 e. The predicted molar refractivity (Wildman–Crippen MR) is 109 cm³/mol. The maximum Gasteiger partial charge on any atom is 0.255 e. The smallest absolute Gasteiger partial charge is 0.255 e. The van der Waals surface area contributed by atoms with E-state index in [1.165, 1.54) is 6.07 Å². The Hall–Kier alpha value is -2.38. The monoisotopic (exact) mass is 402 g/mol. The zero-order valence-electron chi connectivity index (χ0n) is 16.3. The Balaban J connectivity index is 1.86. The number of carbonyl (C=O) groups is 1. The van der Waals surface area contributed by atoms with E-state index in [2.05, 4.69) is 5.32 Å². The Morgan fingerprint density at radius 2 is 1.75 bits per heavy atom. The average Bonchev–Trinajstić information content (AvgIpc) is 2.98. The maximum atomic E-state index is 13.2. The van der Waals surface area contributed by atoms with Gasteiger partial charge in [-0.05, 0) is 49.6 Å². The number of sulfonamides is 1. The van der Waals surface area contributed by atoms with Crippen LogP contribution in [0.4, 0.5) is 5.69 Å². The summed E-state index contributed by atoms with van der Waals surface area (Å²) in [5, 5.41) is 2.79. The van der Waals surface area contributed by atoms with Crippen LogP contribution in [0, 0.1) is 6.92 Å². The van der Waals surface area contributed by atoms with Crippen LogP contribution in [0.1, 0.15) is 41.6 Å². The third-order valence-electron chi connectivity index (χ3n) is 4.96. The average molecular weight is 403 g/mol. The molecule has 0 aliphatic carbocycles. The van der Waals surface area contributed by atoms with Crippen molar-refractivity contribution in [2.24, 2.45) is 0 Å². The molecule has 0 spiro atoms. The third kappa shape index (κ3) is 4.54. The van der Waals surface area contributed by atoms with Gasteiger partial charge in [-0.2, -0.15) is 4.31 Å². The first kappa shape index (κ1) is 20.4. The first-order chi connectivity index (χ1) is 13.4. The normalized spacial score (nSPS) is 15.6. The van der Waals surface area contributed by atoms with Crippen molar-refractivity contribution in [1.29, 1.82) is 0 Å². The van der Waals surface area contributed by atoms with E-state index in [0.29, 0.717) is 35.7 Å². The maximum absolute atomic E-state index is 13.2. The van der Waals surface area contributed by atoms with Gasteiger partial charge in [0.2, 0.25) is 10.0 Å². The molecule has 1 amide bonds. The van der Waals surface area contributed by atoms with Crippen LogP contribution in [0.25, 0.3) is 0 Å². The molecular weight excluding hydrogens is 376 g/mol. The minimum atomic E-state index is -3.62. The molecule has 0 radical (unpaired) electrons. The molecule has 1 aliphatic rings. The van der Waals surface area contributed by atoms with E-state index in [-0.39, 0.29) is 10.8 Å². The van der Waals surface area contributed by atoms with Crippen LogP contribution < -0.4 is 10.1 Å². The van der Waals surface area contributed by atoms with E-state index < -0.39 is 10.0 Å². The molecule has 1 saturated heterocycles. The summed E-state index contributed by atoms with van der Waals surface area (Å²) in [4.78, 5) is 12.9. The van der Waals surface area contributed by atoms with Gasteiger partial charge in [-0.1, -0.05) is 25.0 Å². The van der Waals surface area contributed by atoms with Gasteiger partial charge in [-0.15, -0.1) is 0 Å². The second kappa shape index (κ2) is 8.75. The van der Waals surface area contributed by atoms with E-state index in [1.54, 1.807) is 54.7 Å². The summed E-state index contributed by atoms with van der Waals surface area (Å²) in [7, 11) is -2.07. The van der Waals surface area contributed by atoms with Gasteiger partial charge >= 0.3 is 0 Å². The highest BCUT2D eigenvalue weighted by atomic mass is 32.2. The van der Waals surface area contributed by atoms with Crippen LogP contribution in [0.15, 0.2) is 47.4 Å². The number of amides is 1. The first-order valence-electron chi connectivity index (χ1n) is 9.48. The fourth-order valence-electron chi connectivity index (χ4n) is 3.34. The minimum absolute atomic E-state index is 0.202. The summed E-state index contributed by atoms with van der Waals surface area (Å²) >= 11 is 0. The van der Waals surface area contributed by atoms with Crippen molar-refractivity contribution in [3.8, 4) is 5.75 Å². The van der Waals surface area contributed by atoms with Gasteiger partial charge in [-0.3, -0.25) is 4.79 Å². The van der Waals surface area contributed by atoms with E-state index in [9.17, 15) is 13.2 Å². The molecule has 0 unspecified atom stereocenters. The predicted octanol–water partition coefficient (Wildman–Crippen LogP) is 3.82. The number of rotatable bonds is 5. The molecule has 3 rings (SSSR count). The SMILES string of the molecule is COc1cccc(NC(=O)c2ccc(C)c(S(=O)(=O)N3CCCCCC3)c2)c1. The number of anilines is 1. The highest BCUT2D eigenvalue weighted by Crippen LogP contribution is 2.25. The van der Waals surface area contributed by atoms with Gasteiger partial charge < -0.3 is 10.1 Å². The van der Waals surface area contributed by atoms with Gasteiger partial charge in [-0.25, -0.2) is 8.42 Å². The number of methoxy groups -OCH3 is 1. The number of nitrogens with one attached hydrogen (secondary N) is 1. The fraction of sp³-hybridized carbons (Fsp3) is 0.381. The Bertz CT molecular complexity index is 949. The molecule has 1 aliphatic heterocycles. The number of carbonyl (C=O) groups excluding carboxylic acids is 1. The summed E-state index contributed by atoms with van der Waals surface area (Å²) < 4.78 is 33.0. The number of nitrogens with zero attached hydrogens (tertiary/aromatic N) is 1. The van der Waals surface area contributed by atoms with Crippen molar-refractivity contribution in [2.75, 3.05) is 25.5 Å². The minimum Gasteiger partial charge on any atom is -0.497 e. The molecule has 7 heteroatoms. The molecular formula is C21H26N2O4S. The Morgan fingerprint density at radius 1 is 1.04 bits per heavy atom. The van der Waals surface area contributed by atoms with Crippen molar-refractivity contribution in [3.05, 3.63) is 53.6 Å². The molecule has 0 atom stereocenters. The molecule has 1 fully saturated rings. The topological polar surface area (TPSA) is 75.7 Å². The molecule has 0 bridgehead atoms. The van der Waals surface area contributed by atoms with Gasteiger partial charge in [0, 0.05) is 30.4 Å². The standard InChI is InChI=1S/C21H26N2O4S/c1-16-10-11-17(21(24)22-18-8-7-9-19(15-18)27-2)14-20(16)28(25,26)23-12-5-3-4-6-13-23/h7-11,14-15H,3-6,12-13H2,1-2H3,(H,22,24). The lowest BCUT2D eigenvalue weighted by Gasteiger charge is -2.21. The van der Waals surface area contributed by atoms with E-state index in [1.807, 2.05) is 0 Å². The summed E-state index contributed by atoms with van der Waals surface area (Å²) in [5.41, 5.74) is 1.53. The van der Waals surface area contributed by atoms with E-state index in [0.717, 1.165) is 25.7 Å². The van der Waals surface area contributed by atoms with E-state index in [4.69, 9.17) is 4.74 Å². The Morgan fingerprint density at radius 3 is 2.43 bits per heavy atom. The third-order valence-corrected chi connectivity index (χ3v) is 7.00. The van der Waals surface area contributed by atoms with Gasteiger partial charge in [0.1, 0.15) is 5.75 Å². The van der Waals surface area contributed by atoms with Crippen molar-refractivity contribution in [3.63, 3.8) is 0 Å². The first-order valence-corrected chi connectivity index (χ1v) is 10.9. The number of hydrogen-bond acceptors (Lipinski definition) is 4. The number of hydrogen-bond donors (Lipinski definition) is 1. The van der Waals surface area contributed by atoms with Crippen LogP contribution in [0.3, 0.4) is 0 Å². The number of aryl methyl sites for hydroxylation is 1. The molecule has 0 saturated carbocycles. The summed E-state index contributed by atoms with van der Waals surface area (Å²) in [6.07, 6.45) is 3.84. The van der Waals surface area contributed by atoms with Crippen LogP contribution >= 0.6 is 0 Å². The lowest BCUT2D eigenvalue weighted by atomic mass is 10.1. The quantitative estimate of drug-likeness (QED) is 0.825. The van der Waals surface area contributed by atoms with Crippen LogP contribution in [-0.2, 0) is 10.0 Å². The zero-order chi connectivity index (χ0) is 20.1. The Labute approximate surface area is 166 Å². The highest BCUT2D eigenvalue weighted by molar-refractivity contribution is 7.89.